The summed E-state index contributed by atoms with van der Waals surface area (Å²) in [6.45, 7) is 10.1. The van der Waals surface area contributed by atoms with E-state index >= 15 is 0 Å². The summed E-state index contributed by atoms with van der Waals surface area (Å²) in [4.78, 5) is 12.1. The minimum atomic E-state index is -0.533. The summed E-state index contributed by atoms with van der Waals surface area (Å²) in [5.74, 6) is 0.184. The van der Waals surface area contributed by atoms with Crippen molar-refractivity contribution in [2.75, 3.05) is 13.7 Å². The van der Waals surface area contributed by atoms with Gasteiger partial charge in [0.25, 0.3) is 0 Å². The van der Waals surface area contributed by atoms with E-state index in [1.165, 1.54) is 0 Å². The van der Waals surface area contributed by atoms with Crippen molar-refractivity contribution < 1.29 is 23.6 Å². The van der Waals surface area contributed by atoms with Crippen molar-refractivity contribution in [2.24, 2.45) is 0 Å². The fourth-order valence-electron chi connectivity index (χ4n) is 2.74. The number of esters is 1. The van der Waals surface area contributed by atoms with Crippen LogP contribution in [0, 0.1) is 0 Å². The molecule has 0 bridgehead atoms. The van der Waals surface area contributed by atoms with Crippen LogP contribution < -0.4 is 4.74 Å². The van der Waals surface area contributed by atoms with Gasteiger partial charge in [-0.3, -0.25) is 4.79 Å². The monoisotopic (exact) mass is 412 g/mol. The molecule has 0 aliphatic carbocycles. The Kier molecular flexibility index (Phi) is 6.23. The molecule has 1 unspecified atom stereocenters. The highest BCUT2D eigenvalue weighted by Crippen LogP contribution is 2.42. The Morgan fingerprint density at radius 3 is 2.32 bits per heavy atom. The number of methoxy groups -OCH3 is 1. The van der Waals surface area contributed by atoms with E-state index in [0.717, 1.165) is 15.8 Å². The molecule has 1 aliphatic heterocycles. The zero-order valence-electron chi connectivity index (χ0n) is 15.7. The third kappa shape index (κ3) is 4.38. The van der Waals surface area contributed by atoms with Gasteiger partial charge in [0.05, 0.1) is 35.8 Å². The van der Waals surface area contributed by atoms with Crippen LogP contribution in [0.4, 0.5) is 0 Å². The van der Waals surface area contributed by atoms with Crippen LogP contribution in [0.1, 0.15) is 52.4 Å². The SMILES string of the molecule is CCOC(=O)CC(B1OC(C)(C)C(C)(C)O1)c1ccc(OC)c(Br)c1. The van der Waals surface area contributed by atoms with Crippen molar-refractivity contribution in [3.05, 3.63) is 28.2 Å². The normalized spacial score (nSPS) is 19.6. The van der Waals surface area contributed by atoms with Gasteiger partial charge in [0.2, 0.25) is 0 Å². The average Bonchev–Trinajstić information content (AvgIpc) is 2.73. The first-order valence-electron chi connectivity index (χ1n) is 8.46. The maximum absolute atomic E-state index is 12.1. The first-order valence-corrected chi connectivity index (χ1v) is 9.25. The van der Waals surface area contributed by atoms with E-state index in [2.05, 4.69) is 15.9 Å². The van der Waals surface area contributed by atoms with Gasteiger partial charge in [0, 0.05) is 5.82 Å². The summed E-state index contributed by atoms with van der Waals surface area (Å²) in [5.41, 5.74) is 0.00183. The third-order valence-corrected chi connectivity index (χ3v) is 5.52. The molecule has 2 rings (SSSR count). The molecule has 5 nitrogen and oxygen atoms in total. The lowest BCUT2D eigenvalue weighted by Crippen LogP contribution is -2.41. The smallest absolute Gasteiger partial charge is 0.466 e. The molecule has 7 heteroatoms. The van der Waals surface area contributed by atoms with Crippen LogP contribution in [0.2, 0.25) is 0 Å². The Morgan fingerprint density at radius 1 is 1.24 bits per heavy atom. The minimum absolute atomic E-state index is 0.184. The van der Waals surface area contributed by atoms with Gasteiger partial charge < -0.3 is 18.8 Å². The number of hydrogen-bond donors (Lipinski definition) is 0. The topological polar surface area (TPSA) is 54.0 Å². The summed E-state index contributed by atoms with van der Waals surface area (Å²) in [5, 5.41) is 0. The Hall–Kier alpha value is -1.05. The molecular formula is C18H26BBrO5. The van der Waals surface area contributed by atoms with E-state index in [9.17, 15) is 4.79 Å². The predicted octanol–water partition coefficient (Wildman–Crippen LogP) is 4.13. The van der Waals surface area contributed by atoms with Gasteiger partial charge in [0.15, 0.2) is 0 Å². The van der Waals surface area contributed by atoms with E-state index in [4.69, 9.17) is 18.8 Å². The Morgan fingerprint density at radius 2 is 1.84 bits per heavy atom. The highest BCUT2D eigenvalue weighted by molar-refractivity contribution is 9.10. The zero-order chi connectivity index (χ0) is 18.8. The number of halogens is 1. The largest absolute Gasteiger partial charge is 0.496 e. The van der Waals surface area contributed by atoms with E-state index in [1.807, 2.05) is 45.9 Å². The summed E-state index contributed by atoms with van der Waals surface area (Å²) >= 11 is 3.50. The maximum atomic E-state index is 12.1. The summed E-state index contributed by atoms with van der Waals surface area (Å²) in [6.07, 6.45) is 0.184. The van der Waals surface area contributed by atoms with E-state index in [-0.39, 0.29) is 18.2 Å². The molecule has 0 amide bonds. The number of carbonyl (C=O) groups excluding carboxylic acids is 1. The molecule has 0 radical (unpaired) electrons. The fourth-order valence-corrected chi connectivity index (χ4v) is 3.30. The molecule has 0 N–H and O–H groups in total. The van der Waals surface area contributed by atoms with Crippen LogP contribution in [0.5, 0.6) is 5.75 Å². The van der Waals surface area contributed by atoms with Crippen molar-refractivity contribution in [3.63, 3.8) is 0 Å². The van der Waals surface area contributed by atoms with Gasteiger partial charge in [-0.15, -0.1) is 0 Å². The second kappa shape index (κ2) is 7.68. The molecule has 1 fully saturated rings. The first kappa shape index (κ1) is 20.3. The molecule has 0 spiro atoms. The number of benzene rings is 1. The molecule has 1 heterocycles. The van der Waals surface area contributed by atoms with Crippen molar-refractivity contribution in [1.29, 1.82) is 0 Å². The van der Waals surface area contributed by atoms with Crippen molar-refractivity contribution in [3.8, 4) is 5.75 Å². The van der Waals surface area contributed by atoms with Gasteiger partial charge in [-0.05, 0) is 68.2 Å². The first-order chi connectivity index (χ1) is 11.6. The van der Waals surface area contributed by atoms with Crippen LogP contribution in [0.15, 0.2) is 22.7 Å². The number of carbonyl (C=O) groups is 1. The van der Waals surface area contributed by atoms with Crippen LogP contribution in [-0.4, -0.2) is 38.0 Å². The molecule has 0 aromatic heterocycles. The Labute approximate surface area is 158 Å². The molecule has 1 aromatic rings. The maximum Gasteiger partial charge on any atom is 0.466 e. The van der Waals surface area contributed by atoms with Gasteiger partial charge in [-0.2, -0.15) is 0 Å². The standard InChI is InChI=1S/C18H26BBrO5/c1-7-23-16(21)11-13(12-8-9-15(22-6)14(20)10-12)19-24-17(2,3)18(4,5)25-19/h8-10,13H,7,11H2,1-6H3. The molecule has 25 heavy (non-hydrogen) atoms. The summed E-state index contributed by atoms with van der Waals surface area (Å²) in [7, 11) is 1.08. The lowest BCUT2D eigenvalue weighted by Gasteiger charge is -2.32. The number of rotatable bonds is 6. The fraction of sp³-hybridized carbons (Fsp3) is 0.611. The van der Waals surface area contributed by atoms with Crippen molar-refractivity contribution in [1.82, 2.24) is 0 Å². The van der Waals surface area contributed by atoms with Crippen molar-refractivity contribution >= 4 is 29.0 Å². The quantitative estimate of drug-likeness (QED) is 0.519. The molecule has 1 aromatic carbocycles. The number of ether oxygens (including phenoxy) is 2. The highest BCUT2D eigenvalue weighted by atomic mass is 79.9. The lowest BCUT2D eigenvalue weighted by molar-refractivity contribution is -0.143. The summed E-state index contributed by atoms with van der Waals surface area (Å²) in [6, 6.07) is 5.73. The van der Waals surface area contributed by atoms with Crippen LogP contribution >= 0.6 is 15.9 Å². The van der Waals surface area contributed by atoms with Gasteiger partial charge in [-0.25, -0.2) is 0 Å². The average molecular weight is 413 g/mol. The second-order valence-corrected chi connectivity index (χ2v) is 7.99. The third-order valence-electron chi connectivity index (χ3n) is 4.90. The van der Waals surface area contributed by atoms with Crippen molar-refractivity contribution in [2.45, 2.75) is 58.1 Å². The molecule has 138 valence electrons. The van der Waals surface area contributed by atoms with Crippen LogP contribution in [0.25, 0.3) is 0 Å². The highest BCUT2D eigenvalue weighted by Gasteiger charge is 2.54. The Balaban J connectivity index is 2.34. The molecule has 0 saturated carbocycles. The van der Waals surface area contributed by atoms with E-state index in [1.54, 1.807) is 14.0 Å². The molecular weight excluding hydrogens is 387 g/mol. The zero-order valence-corrected chi connectivity index (χ0v) is 17.3. The number of hydrogen-bond acceptors (Lipinski definition) is 5. The van der Waals surface area contributed by atoms with Crippen LogP contribution in [-0.2, 0) is 18.8 Å². The second-order valence-electron chi connectivity index (χ2n) is 7.13. The van der Waals surface area contributed by atoms with E-state index < -0.39 is 18.3 Å². The summed E-state index contributed by atoms with van der Waals surface area (Å²) < 4.78 is 23.6. The predicted molar refractivity (Wildman–Crippen MR) is 101 cm³/mol. The van der Waals surface area contributed by atoms with E-state index in [0.29, 0.717) is 6.61 Å². The Bertz CT molecular complexity index is 616. The van der Waals surface area contributed by atoms with Gasteiger partial charge >= 0.3 is 13.1 Å². The van der Waals surface area contributed by atoms with Gasteiger partial charge in [0.1, 0.15) is 5.75 Å². The van der Waals surface area contributed by atoms with Crippen LogP contribution in [0.3, 0.4) is 0 Å². The minimum Gasteiger partial charge on any atom is -0.496 e. The molecule has 1 saturated heterocycles. The lowest BCUT2D eigenvalue weighted by atomic mass is 9.66. The molecule has 1 atom stereocenters. The molecule has 1 aliphatic rings. The van der Waals surface area contributed by atoms with Gasteiger partial charge in [-0.1, -0.05) is 6.07 Å².